The molecule has 5 rings (SSSR count). The van der Waals surface area contributed by atoms with E-state index in [1.165, 1.54) is 12.1 Å². The summed E-state index contributed by atoms with van der Waals surface area (Å²) in [6.07, 6.45) is -6.92. The molecule has 1 aliphatic carbocycles. The summed E-state index contributed by atoms with van der Waals surface area (Å²) in [5.74, 6) is -0.903. The van der Waals surface area contributed by atoms with Gasteiger partial charge in [0.1, 0.15) is 5.56 Å². The van der Waals surface area contributed by atoms with Crippen molar-refractivity contribution < 1.29 is 31.1 Å². The van der Waals surface area contributed by atoms with Crippen LogP contribution in [-0.2, 0) is 12.4 Å². The third-order valence-corrected chi connectivity index (χ3v) is 7.62. The van der Waals surface area contributed by atoms with E-state index in [0.717, 1.165) is 37.2 Å². The molecule has 1 aliphatic heterocycles. The lowest BCUT2D eigenvalue weighted by molar-refractivity contribution is -0.137. The predicted octanol–water partition coefficient (Wildman–Crippen LogP) is 6.20. The molecule has 3 aromatic rings. The lowest BCUT2D eigenvalue weighted by atomic mass is 9.72. The van der Waals surface area contributed by atoms with Crippen LogP contribution in [0.3, 0.4) is 0 Å². The number of halogens is 6. The van der Waals surface area contributed by atoms with Gasteiger partial charge in [-0.2, -0.15) is 26.3 Å². The van der Waals surface area contributed by atoms with Crippen LogP contribution in [-0.4, -0.2) is 22.5 Å². The molecule has 0 radical (unpaired) electrons. The number of rotatable bonds is 3. The van der Waals surface area contributed by atoms with Crippen LogP contribution in [0.25, 0.3) is 10.9 Å². The van der Waals surface area contributed by atoms with E-state index < -0.39 is 51.5 Å². The number of nitrogens with zero attached hydrogens (tertiary/aromatic N) is 1. The summed E-state index contributed by atoms with van der Waals surface area (Å²) in [4.78, 5) is 30.0. The van der Waals surface area contributed by atoms with Gasteiger partial charge in [0.2, 0.25) is 5.43 Å². The van der Waals surface area contributed by atoms with Gasteiger partial charge in [-0.15, -0.1) is 0 Å². The summed E-state index contributed by atoms with van der Waals surface area (Å²) < 4.78 is 82.1. The van der Waals surface area contributed by atoms with Crippen LogP contribution in [0.15, 0.2) is 47.4 Å². The van der Waals surface area contributed by atoms with Gasteiger partial charge in [-0.3, -0.25) is 9.59 Å². The molecule has 2 heterocycles. The number of nitrogens with one attached hydrogen (secondary N) is 2. The number of fused-ring (bicyclic) bond motifs is 1. The third-order valence-electron chi connectivity index (χ3n) is 7.62. The molecule has 2 fully saturated rings. The van der Waals surface area contributed by atoms with Gasteiger partial charge in [-0.05, 0) is 56.0 Å². The number of carbonyl (C=O) groups is 1. The molecule has 1 aromatic heterocycles. The molecule has 1 saturated heterocycles. The first-order valence-corrected chi connectivity index (χ1v) is 11.3. The number of hydrogen-bond acceptors (Lipinski definition) is 3. The number of amides is 1. The molecule has 190 valence electrons. The topological polar surface area (TPSA) is 65.0 Å². The number of aromatic amines is 1. The molecule has 2 aliphatic rings. The van der Waals surface area contributed by atoms with Crippen molar-refractivity contribution in [2.75, 3.05) is 10.2 Å². The minimum Gasteiger partial charge on any atom is -0.360 e. The maximum absolute atomic E-state index is 13.9. The predicted molar refractivity (Wildman–Crippen MR) is 122 cm³/mol. The summed E-state index contributed by atoms with van der Waals surface area (Å²) in [5.41, 5.74) is -4.86. The molecule has 5 nitrogen and oxygen atoms in total. The maximum atomic E-state index is 13.9. The molecular formula is C25H21F6N3O2. The van der Waals surface area contributed by atoms with E-state index in [9.17, 15) is 35.9 Å². The fourth-order valence-electron chi connectivity index (χ4n) is 5.56. The van der Waals surface area contributed by atoms with E-state index in [4.69, 9.17) is 0 Å². The minimum absolute atomic E-state index is 0.0850. The van der Waals surface area contributed by atoms with Crippen LogP contribution < -0.4 is 15.6 Å². The smallest absolute Gasteiger partial charge is 0.360 e. The van der Waals surface area contributed by atoms with E-state index in [1.54, 1.807) is 0 Å². The average molecular weight is 509 g/mol. The fourth-order valence-corrected chi connectivity index (χ4v) is 5.56. The van der Waals surface area contributed by atoms with E-state index in [-0.39, 0.29) is 17.1 Å². The standard InChI is InChI=1S/C25H21F6N3O2/c1-12-8-9-23(12)13(2)34(23)14-6-7-18(17(10-14)25(29,30)31)33-22(36)15-11-32-19-5-3-4-16(24(26,27)28)20(19)21(15)35/h3-7,10-13H,8-9H2,1-2H3,(H,32,35)(H,33,36). The second kappa shape index (κ2) is 7.75. The first-order chi connectivity index (χ1) is 16.8. The van der Waals surface area contributed by atoms with E-state index >= 15 is 0 Å². The van der Waals surface area contributed by atoms with Gasteiger partial charge in [0.15, 0.2) is 0 Å². The number of carbonyl (C=O) groups excluding carboxylic acids is 1. The molecule has 2 N–H and O–H groups in total. The summed E-state index contributed by atoms with van der Waals surface area (Å²) in [6.45, 7) is 4.02. The number of aromatic nitrogens is 1. The van der Waals surface area contributed by atoms with Gasteiger partial charge in [0.05, 0.1) is 33.8 Å². The molecule has 11 heteroatoms. The highest BCUT2D eigenvalue weighted by molar-refractivity contribution is 6.06. The number of alkyl halides is 6. The molecule has 1 amide bonds. The van der Waals surface area contributed by atoms with Gasteiger partial charge in [0, 0.05) is 17.4 Å². The van der Waals surface area contributed by atoms with Crippen LogP contribution in [0.4, 0.5) is 37.7 Å². The first kappa shape index (κ1) is 24.2. The minimum atomic E-state index is -4.87. The molecule has 3 atom stereocenters. The number of pyridine rings is 1. The third kappa shape index (κ3) is 3.55. The second-order valence-corrected chi connectivity index (χ2v) is 9.42. The number of anilines is 2. The lowest BCUT2D eigenvalue weighted by Crippen LogP contribution is -2.38. The van der Waals surface area contributed by atoms with E-state index in [1.807, 2.05) is 11.8 Å². The molecule has 1 spiro atoms. The zero-order chi connectivity index (χ0) is 26.2. The highest BCUT2D eigenvalue weighted by atomic mass is 19.4. The van der Waals surface area contributed by atoms with E-state index in [2.05, 4.69) is 17.2 Å². The number of hydrogen-bond donors (Lipinski definition) is 2. The fraction of sp³-hybridized carbons (Fsp3) is 0.360. The van der Waals surface area contributed by atoms with Gasteiger partial charge < -0.3 is 15.2 Å². The highest BCUT2D eigenvalue weighted by Crippen LogP contribution is 2.60. The normalized spacial score (nSPS) is 23.6. The lowest BCUT2D eigenvalue weighted by Gasteiger charge is -2.35. The van der Waals surface area contributed by atoms with E-state index in [0.29, 0.717) is 17.7 Å². The second-order valence-electron chi connectivity index (χ2n) is 9.42. The molecule has 2 aromatic carbocycles. The Morgan fingerprint density at radius 1 is 1.06 bits per heavy atom. The van der Waals surface area contributed by atoms with Crippen molar-refractivity contribution in [1.29, 1.82) is 0 Å². The van der Waals surface area contributed by atoms with Crippen molar-refractivity contribution in [3.63, 3.8) is 0 Å². The van der Waals surface area contributed by atoms with Crippen molar-refractivity contribution in [2.45, 2.75) is 50.6 Å². The Balaban J connectivity index is 1.51. The zero-order valence-electron chi connectivity index (χ0n) is 19.1. The van der Waals surface area contributed by atoms with Crippen molar-refractivity contribution in [2.24, 2.45) is 5.92 Å². The average Bonchev–Trinajstić information content (AvgIpc) is 3.44. The largest absolute Gasteiger partial charge is 0.418 e. The molecule has 0 bridgehead atoms. The Kier molecular flexibility index (Phi) is 5.21. The van der Waals surface area contributed by atoms with Crippen molar-refractivity contribution in [3.8, 4) is 0 Å². The Labute approximate surface area is 201 Å². The molecular weight excluding hydrogens is 488 g/mol. The Morgan fingerprint density at radius 3 is 2.31 bits per heavy atom. The summed E-state index contributed by atoms with van der Waals surface area (Å²) >= 11 is 0. The van der Waals surface area contributed by atoms with Gasteiger partial charge >= 0.3 is 12.4 Å². The van der Waals surface area contributed by atoms with Crippen LogP contribution in [0, 0.1) is 5.92 Å². The number of H-pyrrole nitrogens is 1. The van der Waals surface area contributed by atoms with Crippen molar-refractivity contribution in [3.05, 3.63) is 69.5 Å². The van der Waals surface area contributed by atoms with Crippen LogP contribution in [0.1, 0.15) is 48.2 Å². The van der Waals surface area contributed by atoms with Crippen molar-refractivity contribution in [1.82, 2.24) is 4.98 Å². The Bertz CT molecular complexity index is 1440. The maximum Gasteiger partial charge on any atom is 0.418 e. The summed E-state index contributed by atoms with van der Waals surface area (Å²) in [6, 6.07) is 6.65. The van der Waals surface area contributed by atoms with Gasteiger partial charge in [-0.25, -0.2) is 0 Å². The summed E-state index contributed by atoms with van der Waals surface area (Å²) in [7, 11) is 0. The SMILES string of the molecule is CC1CCC12C(C)N2c1ccc(NC(=O)c2c[nH]c3cccc(C(F)(F)F)c3c2=O)c(C(F)(F)F)c1. The highest BCUT2D eigenvalue weighted by Gasteiger charge is 2.67. The van der Waals surface area contributed by atoms with Crippen LogP contribution in [0.5, 0.6) is 0 Å². The Hall–Kier alpha value is -3.50. The monoisotopic (exact) mass is 509 g/mol. The molecule has 3 unspecified atom stereocenters. The van der Waals surface area contributed by atoms with Gasteiger partial charge in [-0.1, -0.05) is 13.0 Å². The zero-order valence-corrected chi connectivity index (χ0v) is 19.1. The van der Waals surface area contributed by atoms with Crippen LogP contribution in [0.2, 0.25) is 0 Å². The Morgan fingerprint density at radius 2 is 1.75 bits per heavy atom. The van der Waals surface area contributed by atoms with Gasteiger partial charge in [0.25, 0.3) is 5.91 Å². The van der Waals surface area contributed by atoms with Crippen LogP contribution >= 0.6 is 0 Å². The molecule has 36 heavy (non-hydrogen) atoms. The number of benzene rings is 2. The van der Waals surface area contributed by atoms with Crippen molar-refractivity contribution >= 4 is 28.2 Å². The first-order valence-electron chi connectivity index (χ1n) is 11.3. The quantitative estimate of drug-likeness (QED) is 0.327. The molecule has 1 saturated carbocycles. The summed E-state index contributed by atoms with van der Waals surface area (Å²) in [5, 5.41) is 1.31.